The Balaban J connectivity index is 0. The van der Waals surface area contributed by atoms with Crippen molar-refractivity contribution in [1.82, 2.24) is 14.1 Å². The summed E-state index contributed by atoms with van der Waals surface area (Å²) in [5.74, 6) is 0. The Labute approximate surface area is 280 Å². The standard InChI is InChI=1S/C9H8N2O2.C9H10N2.C8H6N2O2.CH3F.CH3I.CH3.BH4.Pd/c1-10-5-4-7-2-3-8(11(12)13)6-9(7)10;1-11-5-4-7-2-3-8(10)6-9(7)11;11-10(12)7-2-1-6-3-4-9-8(6)5-7;2*1-2;;;/h2-6H,1H3;2-6H,10H2,1H3;1-5,9H;2*1H3;1H3;1H4;/q;;;;;2*-1;/i;;;1D;;;;. The number of alkyl halides is 2. The molecule has 10 nitrogen and oxygen atoms in total. The maximum Gasteiger partial charge on any atom is 0.271 e. The third kappa shape index (κ3) is 11.1. The number of nitrogens with zero attached hydrogens (tertiary/aromatic N) is 4. The summed E-state index contributed by atoms with van der Waals surface area (Å²) in [6.45, 7) is 0. The van der Waals surface area contributed by atoms with E-state index in [1.807, 2.05) is 66.3 Å². The second kappa shape index (κ2) is 20.2. The van der Waals surface area contributed by atoms with E-state index in [4.69, 9.17) is 7.10 Å². The molecule has 0 radical (unpaired) electrons. The summed E-state index contributed by atoms with van der Waals surface area (Å²) in [4.78, 5) is 24.9. The number of nitro groups is 2. The van der Waals surface area contributed by atoms with Crippen LogP contribution in [0.3, 0.4) is 0 Å². The van der Waals surface area contributed by atoms with Gasteiger partial charge in [0.25, 0.3) is 11.4 Å². The number of nitro benzene ring substituents is 2. The molecule has 6 aromatic rings. The number of nitrogen functional groups attached to an aromatic ring is 1. The molecule has 0 amide bonds. The number of aromatic nitrogens is 3. The Morgan fingerprint density at radius 3 is 1.77 bits per heavy atom. The van der Waals surface area contributed by atoms with Crippen LogP contribution in [0.2, 0.25) is 0 Å². The van der Waals surface area contributed by atoms with Crippen molar-refractivity contribution in [2.75, 3.05) is 17.8 Å². The molecule has 3 aromatic heterocycles. The zero-order valence-electron chi connectivity index (χ0n) is 24.4. The van der Waals surface area contributed by atoms with Gasteiger partial charge in [-0.25, -0.2) is 0 Å². The largest absolute Gasteiger partial charge is 0.399 e. The first-order valence-corrected chi connectivity index (χ1v) is 13.7. The minimum Gasteiger partial charge on any atom is -0.399 e. The second-order valence-corrected chi connectivity index (χ2v) is 8.18. The van der Waals surface area contributed by atoms with Crippen molar-refractivity contribution in [3.63, 3.8) is 0 Å². The van der Waals surface area contributed by atoms with Gasteiger partial charge in [0, 0.05) is 94.0 Å². The number of hydrogen-bond acceptors (Lipinski definition) is 5. The molecule has 3 heterocycles. The summed E-state index contributed by atoms with van der Waals surface area (Å²) in [6, 6.07) is 21.4. The zero-order chi connectivity index (χ0) is 30.5. The molecule has 6 rings (SSSR count). The van der Waals surface area contributed by atoms with E-state index in [-0.39, 0.29) is 52.6 Å². The number of aromatic amines is 1. The molecule has 0 saturated carbocycles. The van der Waals surface area contributed by atoms with E-state index in [1.54, 1.807) is 24.4 Å². The number of nitrogens with two attached hydrogens (primary N) is 1. The molecule has 0 spiro atoms. The maximum atomic E-state index is 10.5. The van der Waals surface area contributed by atoms with Gasteiger partial charge in [-0.05, 0) is 58.2 Å². The normalized spacial score (nSPS) is 9.37. The summed E-state index contributed by atoms with van der Waals surface area (Å²) in [6.07, 6.45) is 5.67. The van der Waals surface area contributed by atoms with Gasteiger partial charge in [-0.2, -0.15) is 0 Å². The van der Waals surface area contributed by atoms with Crippen LogP contribution in [0.4, 0.5) is 21.5 Å². The Kier molecular flexibility index (Phi) is 18.5. The molecule has 0 aliphatic heterocycles. The fourth-order valence-corrected chi connectivity index (χ4v) is 3.79. The molecule has 0 unspecified atom stereocenters. The van der Waals surface area contributed by atoms with Gasteiger partial charge in [-0.1, -0.05) is 37.1 Å². The average molecular weight is 798 g/mol. The molecular weight excluding hydrogens is 759 g/mol. The summed E-state index contributed by atoms with van der Waals surface area (Å²) in [5, 5.41) is 24.1. The molecule has 0 fully saturated rings. The molecule has 3 N–H and O–H groups in total. The molecule has 0 atom stereocenters. The van der Waals surface area contributed by atoms with Gasteiger partial charge in [0.2, 0.25) is 0 Å². The van der Waals surface area contributed by atoms with Gasteiger partial charge in [0.1, 0.15) is 0 Å². The Morgan fingerprint density at radius 1 is 0.814 bits per heavy atom. The van der Waals surface area contributed by atoms with Gasteiger partial charge in [0.05, 0.1) is 29.4 Å². The number of H-pyrrole nitrogens is 1. The Morgan fingerprint density at radius 2 is 1.26 bits per heavy atom. The van der Waals surface area contributed by atoms with Crippen molar-refractivity contribution in [2.45, 2.75) is 0 Å². The average Bonchev–Trinajstić information content (AvgIpc) is 3.69. The van der Waals surface area contributed by atoms with Crippen molar-refractivity contribution in [3.8, 4) is 0 Å². The van der Waals surface area contributed by atoms with Gasteiger partial charge >= 0.3 is 0 Å². The summed E-state index contributed by atoms with van der Waals surface area (Å²) >= 11 is 2.15. The monoisotopic (exact) mass is 797 g/mol. The van der Waals surface area contributed by atoms with Gasteiger partial charge < -0.3 is 27.3 Å². The first-order valence-electron chi connectivity index (χ1n) is 12.3. The maximum absolute atomic E-state index is 10.5. The fraction of sp³-hybridized carbons (Fsp3) is 0.138. The number of hydrogen-bond donors (Lipinski definition) is 2. The third-order valence-corrected chi connectivity index (χ3v) is 5.74. The molecular formula is C29H37BFIN6O4Pd-2. The number of fused-ring (bicyclic) bond motifs is 3. The number of nitrogens with one attached hydrogen (secondary N) is 1. The van der Waals surface area contributed by atoms with E-state index in [1.165, 1.54) is 29.1 Å². The van der Waals surface area contributed by atoms with Gasteiger partial charge in [-0.15, -0.1) is 0 Å². The Hall–Kier alpha value is -3.73. The smallest absolute Gasteiger partial charge is 0.271 e. The van der Waals surface area contributed by atoms with Crippen molar-refractivity contribution < 1.29 is 36.0 Å². The number of rotatable bonds is 2. The van der Waals surface area contributed by atoms with E-state index < -0.39 is 12.1 Å². The number of aryl methyl sites for hydroxylation is 2. The first-order chi connectivity index (χ1) is 19.6. The SMILES string of the molecule is CI.Cn1ccc2ccc(N)cc21.Cn1ccc2ccc([N+](=O)[O-])cc21.O=[N+]([O-])c1ccc2cc[nH]c2c1.[2H]CF.[BH4-].[CH3-].[Pd]. The van der Waals surface area contributed by atoms with E-state index in [2.05, 4.69) is 38.2 Å². The number of non-ortho nitro benzene ring substituents is 2. The zero-order valence-corrected chi connectivity index (χ0v) is 27.2. The molecule has 0 aliphatic rings. The van der Waals surface area contributed by atoms with Crippen molar-refractivity contribution in [1.29, 1.82) is 0 Å². The molecule has 3 aromatic carbocycles. The molecule has 0 aliphatic carbocycles. The van der Waals surface area contributed by atoms with E-state index in [0.29, 0.717) is 0 Å². The number of benzene rings is 3. The van der Waals surface area contributed by atoms with E-state index in [0.717, 1.165) is 27.5 Å². The van der Waals surface area contributed by atoms with Crippen molar-refractivity contribution in [3.05, 3.63) is 119 Å². The molecule has 0 bridgehead atoms. The molecule has 14 heteroatoms. The van der Waals surface area contributed by atoms with E-state index in [9.17, 15) is 24.6 Å². The summed E-state index contributed by atoms with van der Waals surface area (Å²) in [5.41, 5.74) is 9.57. The van der Waals surface area contributed by atoms with Crippen LogP contribution in [0.25, 0.3) is 32.7 Å². The molecule has 43 heavy (non-hydrogen) atoms. The van der Waals surface area contributed by atoms with Crippen LogP contribution in [0, 0.1) is 27.7 Å². The predicted octanol–water partition coefficient (Wildman–Crippen LogP) is 6.56. The van der Waals surface area contributed by atoms with Crippen LogP contribution in [-0.4, -0.2) is 44.5 Å². The minimum atomic E-state index is -1.00. The quantitative estimate of drug-likeness (QED) is 0.0389. The van der Waals surface area contributed by atoms with Crippen LogP contribution < -0.4 is 5.73 Å². The van der Waals surface area contributed by atoms with Crippen LogP contribution in [-0.2, 0) is 34.5 Å². The summed E-state index contributed by atoms with van der Waals surface area (Å²) < 4.78 is 19.4. The fourth-order valence-electron chi connectivity index (χ4n) is 3.79. The van der Waals surface area contributed by atoms with Gasteiger partial charge in [-0.3, -0.25) is 24.6 Å². The predicted molar refractivity (Wildman–Crippen MR) is 187 cm³/mol. The second-order valence-electron chi connectivity index (χ2n) is 8.18. The van der Waals surface area contributed by atoms with E-state index >= 15 is 0 Å². The van der Waals surface area contributed by atoms with Crippen LogP contribution in [0.15, 0.2) is 91.4 Å². The number of halogens is 2. The molecule has 236 valence electrons. The molecule has 0 saturated heterocycles. The van der Waals surface area contributed by atoms with Gasteiger partial charge in [0.15, 0.2) is 0 Å². The third-order valence-electron chi connectivity index (χ3n) is 5.74. The van der Waals surface area contributed by atoms with Crippen molar-refractivity contribution >= 4 is 80.8 Å². The number of anilines is 1. The van der Waals surface area contributed by atoms with Crippen LogP contribution in [0.1, 0.15) is 1.37 Å². The topological polar surface area (TPSA) is 138 Å². The minimum absolute atomic E-state index is 0. The van der Waals surface area contributed by atoms with Crippen LogP contribution >= 0.6 is 22.6 Å². The first kappa shape index (κ1) is 39.3. The Bertz CT molecular complexity index is 1750. The van der Waals surface area contributed by atoms with Crippen LogP contribution in [0.5, 0.6) is 0 Å². The van der Waals surface area contributed by atoms with Crippen molar-refractivity contribution in [2.24, 2.45) is 14.1 Å². The summed E-state index contributed by atoms with van der Waals surface area (Å²) in [7, 11) is 2.88.